The molecule has 0 aromatic heterocycles. The van der Waals surface area contributed by atoms with Gasteiger partial charge in [-0.25, -0.2) is 0 Å². The summed E-state index contributed by atoms with van der Waals surface area (Å²) >= 11 is 0. The zero-order valence-corrected chi connectivity index (χ0v) is 41.9. The minimum absolute atomic E-state index is 0.0278. The number of amides is 3. The number of para-hydroxylation sites is 2. The summed E-state index contributed by atoms with van der Waals surface area (Å²) in [5.41, 5.74) is 9.88. The van der Waals surface area contributed by atoms with Crippen molar-refractivity contribution in [1.82, 2.24) is 0 Å². The molecule has 0 radical (unpaired) electrons. The van der Waals surface area contributed by atoms with E-state index in [2.05, 4.69) is 38.2 Å². The molecule has 9 rings (SSSR count). The molecule has 0 saturated heterocycles. The van der Waals surface area contributed by atoms with Crippen LogP contribution in [0.3, 0.4) is 0 Å². The quantitative estimate of drug-likeness (QED) is 0.0854. The predicted octanol–water partition coefficient (Wildman–Crippen LogP) is 12.0. The molecule has 3 amide bonds. The molecule has 0 bridgehead atoms. The number of carbonyl (C=O) groups excluding carboxylic acids is 4. The van der Waals surface area contributed by atoms with Gasteiger partial charge in [0.05, 0.1) is 24.4 Å². The van der Waals surface area contributed by atoms with Gasteiger partial charge in [0.1, 0.15) is 24.7 Å². The molecule has 69 heavy (non-hydrogen) atoms. The molecule has 1 N–H and O–H groups in total. The van der Waals surface area contributed by atoms with Crippen molar-refractivity contribution in [3.63, 3.8) is 0 Å². The molecule has 4 heterocycles. The maximum atomic E-state index is 14.1. The normalized spacial score (nSPS) is 17.1. The van der Waals surface area contributed by atoms with Gasteiger partial charge in [0.2, 0.25) is 5.91 Å². The lowest BCUT2D eigenvalue weighted by Crippen LogP contribution is -2.37. The van der Waals surface area contributed by atoms with Crippen molar-refractivity contribution in [3.05, 3.63) is 136 Å². The van der Waals surface area contributed by atoms with Crippen LogP contribution in [0.25, 0.3) is 0 Å². The fraction of sp³-hybridized carbons (Fsp3) is 0.375. The van der Waals surface area contributed by atoms with Crippen molar-refractivity contribution in [2.75, 3.05) is 22.2 Å². The Balaban J connectivity index is 0.927. The number of aryl methyl sites for hydroxylation is 2. The molecule has 13 heteroatoms. The van der Waals surface area contributed by atoms with Crippen LogP contribution in [0.4, 0.5) is 22.7 Å². The summed E-state index contributed by atoms with van der Waals surface area (Å²) in [5, 5.41) is 3.48. The Morgan fingerprint density at radius 1 is 0.812 bits per heavy atom. The number of methoxy groups -OCH3 is 1. The second-order valence-electron chi connectivity index (χ2n) is 19.2. The number of anilines is 3. The van der Waals surface area contributed by atoms with Gasteiger partial charge in [0, 0.05) is 76.6 Å². The maximum Gasteiger partial charge on any atom is 0.261 e. The summed E-state index contributed by atoms with van der Waals surface area (Å²) in [6.45, 7) is 10.6. The Hall–Kier alpha value is -6.05. The van der Waals surface area contributed by atoms with E-state index in [-0.39, 0.29) is 53.5 Å². The maximum absolute atomic E-state index is 14.1. The molecule has 3 atom stereocenters. The Bertz CT molecular complexity index is 2840. The van der Waals surface area contributed by atoms with Crippen LogP contribution in [-0.2, 0) is 42.1 Å². The van der Waals surface area contributed by atoms with Crippen LogP contribution in [0.1, 0.15) is 120 Å². The Morgan fingerprint density at radius 2 is 1.49 bits per heavy atom. The topological polar surface area (TPSA) is 127 Å². The lowest BCUT2D eigenvalue weighted by Gasteiger charge is -2.24. The number of aliphatic imine (C=N–C) groups is 1. The van der Waals surface area contributed by atoms with Gasteiger partial charge in [-0.3, -0.25) is 29.1 Å². The van der Waals surface area contributed by atoms with E-state index in [1.54, 1.807) is 28.7 Å². The summed E-state index contributed by atoms with van der Waals surface area (Å²) < 4.78 is 18.7. The smallest absolute Gasteiger partial charge is 0.261 e. The first-order chi connectivity index (χ1) is 33.3. The third kappa shape index (κ3) is 10.6. The average Bonchev–Trinajstić information content (AvgIpc) is 3.84. The number of Topliss-reactive ketones (excluding diaryl/α,β-unsaturated/α-hetero) is 1. The van der Waals surface area contributed by atoms with Crippen molar-refractivity contribution in [2.24, 2.45) is 4.99 Å². The standard InChI is InChI=1S/C56H60N4O7S2/c1-7-44(61)19-16-35(3)68-69-56(4,5)21-20-53(62)58-41-24-36(32-66-50-30-47-46(22-34(50)2)55(64)60-43(31-57-47)27-40-13-9-11-15-49(40)60)23-37(25-41)33-67-52-28-38-17-18-42-26-39-12-8-10-14-48(39)59(42)54(63)45(38)29-51(52)65-6/h8-15,22-25,28-31,35,42-43H,7,16-21,26-27,32-33H2,1-6H3,(H,58,62)/t35?,42-,43+/m1/s1. The SMILES string of the molecule is CCC(=O)CCC(C)SSC(C)(C)CCC(=O)Nc1cc(COc2cc3c(cc2C)C(=O)N2c4ccccc4C[C@H]2C=N3)cc(COc2cc3c(cc2OC)C(=O)N2c4ccccc4C[C@H]2CC3)c1. The number of fused-ring (bicyclic) bond motifs is 8. The zero-order valence-electron chi connectivity index (χ0n) is 40.3. The number of rotatable bonds is 18. The monoisotopic (exact) mass is 964 g/mol. The number of nitrogens with one attached hydrogen (secondary N) is 1. The molecule has 358 valence electrons. The molecule has 0 spiro atoms. The second-order valence-corrected chi connectivity index (χ2v) is 22.5. The first-order valence-corrected chi connectivity index (χ1v) is 26.3. The van der Waals surface area contributed by atoms with Crippen LogP contribution < -0.4 is 29.3 Å². The fourth-order valence-electron chi connectivity index (χ4n) is 9.70. The highest BCUT2D eigenvalue weighted by molar-refractivity contribution is 8.77. The Kier molecular flexibility index (Phi) is 14.3. The van der Waals surface area contributed by atoms with E-state index in [4.69, 9.17) is 19.2 Å². The highest BCUT2D eigenvalue weighted by Gasteiger charge is 2.38. The minimum atomic E-state index is -0.168. The molecule has 11 nitrogen and oxygen atoms in total. The van der Waals surface area contributed by atoms with E-state index >= 15 is 0 Å². The predicted molar refractivity (Wildman–Crippen MR) is 278 cm³/mol. The number of hydrogen-bond acceptors (Lipinski definition) is 10. The van der Waals surface area contributed by atoms with Crippen molar-refractivity contribution < 1.29 is 33.4 Å². The van der Waals surface area contributed by atoms with E-state index in [0.29, 0.717) is 77.1 Å². The molecule has 0 aliphatic carbocycles. The number of carbonyl (C=O) groups is 4. The minimum Gasteiger partial charge on any atom is -0.493 e. The lowest BCUT2D eigenvalue weighted by atomic mass is 9.99. The van der Waals surface area contributed by atoms with E-state index < -0.39 is 0 Å². The largest absolute Gasteiger partial charge is 0.493 e. The first kappa shape index (κ1) is 48.0. The van der Waals surface area contributed by atoms with Crippen LogP contribution in [0.2, 0.25) is 0 Å². The first-order valence-electron chi connectivity index (χ1n) is 24.0. The molecule has 0 saturated carbocycles. The summed E-state index contributed by atoms with van der Waals surface area (Å²) in [4.78, 5) is 62.3. The molecule has 4 aliphatic rings. The summed E-state index contributed by atoms with van der Waals surface area (Å²) in [6, 6.07) is 29.4. The van der Waals surface area contributed by atoms with Crippen molar-refractivity contribution in [2.45, 2.75) is 128 Å². The number of hydrogen-bond donors (Lipinski definition) is 1. The molecule has 1 unspecified atom stereocenters. The van der Waals surface area contributed by atoms with Gasteiger partial charge in [0.25, 0.3) is 11.8 Å². The van der Waals surface area contributed by atoms with Gasteiger partial charge in [-0.2, -0.15) is 0 Å². The molecule has 4 aliphatic heterocycles. The van der Waals surface area contributed by atoms with E-state index in [1.807, 2.05) is 109 Å². The van der Waals surface area contributed by atoms with E-state index in [1.165, 1.54) is 5.56 Å². The van der Waals surface area contributed by atoms with Gasteiger partial charge in [0.15, 0.2) is 11.5 Å². The van der Waals surface area contributed by atoms with Crippen LogP contribution in [-0.4, -0.2) is 58.9 Å². The number of ketones is 1. The molecule has 0 fully saturated rings. The number of ether oxygens (including phenoxy) is 3. The molecular weight excluding hydrogens is 905 g/mol. The summed E-state index contributed by atoms with van der Waals surface area (Å²) in [6.07, 6.45) is 7.96. The highest BCUT2D eigenvalue weighted by Crippen LogP contribution is 2.44. The molecule has 5 aromatic carbocycles. The molecule has 5 aromatic rings. The number of benzene rings is 5. The van der Waals surface area contributed by atoms with Gasteiger partial charge < -0.3 is 24.4 Å². The number of nitrogens with zero attached hydrogens (tertiary/aromatic N) is 3. The van der Waals surface area contributed by atoms with Gasteiger partial charge in [-0.05, 0) is 135 Å². The summed E-state index contributed by atoms with van der Waals surface area (Å²) in [5.74, 6) is 1.67. The van der Waals surface area contributed by atoms with Crippen molar-refractivity contribution in [1.29, 1.82) is 0 Å². The second kappa shape index (κ2) is 20.5. The fourth-order valence-corrected chi connectivity index (χ4v) is 12.3. The van der Waals surface area contributed by atoms with Crippen LogP contribution in [0, 0.1) is 6.92 Å². The van der Waals surface area contributed by atoms with Crippen LogP contribution in [0.5, 0.6) is 17.2 Å². The van der Waals surface area contributed by atoms with Gasteiger partial charge in [-0.1, -0.05) is 71.8 Å². The molecular formula is C56H60N4O7S2. The van der Waals surface area contributed by atoms with Gasteiger partial charge in [-0.15, -0.1) is 0 Å². The third-order valence-corrected chi connectivity index (χ3v) is 17.5. The van der Waals surface area contributed by atoms with Crippen LogP contribution >= 0.6 is 21.6 Å². The van der Waals surface area contributed by atoms with Crippen LogP contribution in [0.15, 0.2) is 96.0 Å². The van der Waals surface area contributed by atoms with Gasteiger partial charge >= 0.3 is 0 Å². The average molecular weight is 965 g/mol. The van der Waals surface area contributed by atoms with E-state index in [0.717, 1.165) is 64.9 Å². The van der Waals surface area contributed by atoms with E-state index in [9.17, 15) is 19.2 Å². The van der Waals surface area contributed by atoms with Crippen molar-refractivity contribution in [3.8, 4) is 17.2 Å². The lowest BCUT2D eigenvalue weighted by molar-refractivity contribution is -0.119. The highest BCUT2D eigenvalue weighted by atomic mass is 33.1. The third-order valence-electron chi connectivity index (χ3n) is 13.5. The Labute approximate surface area is 413 Å². The Morgan fingerprint density at radius 3 is 2.22 bits per heavy atom. The van der Waals surface area contributed by atoms with Crippen molar-refractivity contribution >= 4 is 74.1 Å². The zero-order chi connectivity index (χ0) is 48.4. The summed E-state index contributed by atoms with van der Waals surface area (Å²) in [7, 11) is 5.12.